The largest absolute Gasteiger partial charge is 0.491 e. The van der Waals surface area contributed by atoms with E-state index in [2.05, 4.69) is 28.1 Å². The van der Waals surface area contributed by atoms with Crippen LogP contribution in [0, 0.1) is 0 Å². The van der Waals surface area contributed by atoms with Gasteiger partial charge in [-0.25, -0.2) is 0 Å². The highest BCUT2D eigenvalue weighted by atomic mass is 79.9. The van der Waals surface area contributed by atoms with Crippen LogP contribution >= 0.6 is 15.9 Å². The second kappa shape index (κ2) is 7.49. The summed E-state index contributed by atoms with van der Waals surface area (Å²) in [5.74, 6) is 0.878. The van der Waals surface area contributed by atoms with E-state index in [1.165, 1.54) is 5.56 Å². The zero-order valence-electron chi connectivity index (χ0n) is 8.78. The molecule has 0 saturated carbocycles. The molecule has 0 aliphatic carbocycles. The number of rotatable bonds is 6. The van der Waals surface area contributed by atoms with Crippen LogP contribution in [0.5, 0.6) is 5.75 Å². The van der Waals surface area contributed by atoms with E-state index in [9.17, 15) is 0 Å². The van der Waals surface area contributed by atoms with Gasteiger partial charge in [0, 0.05) is 12.4 Å². The molecule has 3 heteroatoms. The maximum Gasteiger partial charge on any atom is 0.119 e. The van der Waals surface area contributed by atoms with E-state index >= 15 is 0 Å². The molecule has 0 radical (unpaired) electrons. The number of halogens is 1. The summed E-state index contributed by atoms with van der Waals surface area (Å²) >= 11 is 3.34. The van der Waals surface area contributed by atoms with E-state index in [1.54, 1.807) is 7.11 Å². The molecule has 0 amide bonds. The number of benzene rings is 1. The van der Waals surface area contributed by atoms with E-state index in [0.717, 1.165) is 11.1 Å². The summed E-state index contributed by atoms with van der Waals surface area (Å²) in [5, 5.41) is 0.874. The second-order valence-electron chi connectivity index (χ2n) is 2.97. The molecule has 0 atom stereocenters. The maximum absolute atomic E-state index is 5.45. The third-order valence-corrected chi connectivity index (χ3v) is 2.21. The van der Waals surface area contributed by atoms with Crippen LogP contribution in [-0.4, -0.2) is 25.7 Å². The van der Waals surface area contributed by atoms with E-state index in [4.69, 9.17) is 9.47 Å². The first-order chi connectivity index (χ1) is 7.36. The van der Waals surface area contributed by atoms with E-state index in [0.29, 0.717) is 13.2 Å². The zero-order valence-corrected chi connectivity index (χ0v) is 10.4. The summed E-state index contributed by atoms with van der Waals surface area (Å²) in [6.45, 7) is 1.21. The Balaban J connectivity index is 2.45. The average Bonchev–Trinajstić information content (AvgIpc) is 2.28. The molecule has 15 heavy (non-hydrogen) atoms. The van der Waals surface area contributed by atoms with Gasteiger partial charge in [-0.15, -0.1) is 0 Å². The Hall–Kier alpha value is -0.800. The van der Waals surface area contributed by atoms with Crippen molar-refractivity contribution in [3.63, 3.8) is 0 Å². The Kier molecular flexibility index (Phi) is 6.12. The predicted octanol–water partition coefficient (Wildman–Crippen LogP) is 3.12. The average molecular weight is 271 g/mol. The van der Waals surface area contributed by atoms with Crippen molar-refractivity contribution in [1.29, 1.82) is 0 Å². The number of hydrogen-bond acceptors (Lipinski definition) is 2. The topological polar surface area (TPSA) is 18.5 Å². The molecule has 0 saturated heterocycles. The van der Waals surface area contributed by atoms with Crippen LogP contribution < -0.4 is 4.74 Å². The molecule has 0 fully saturated rings. The molecule has 2 nitrogen and oxygen atoms in total. The van der Waals surface area contributed by atoms with Crippen molar-refractivity contribution >= 4 is 22.0 Å². The molecule has 0 bridgehead atoms. The first-order valence-electron chi connectivity index (χ1n) is 4.81. The molecule has 1 rings (SSSR count). The van der Waals surface area contributed by atoms with Crippen LogP contribution in [0.4, 0.5) is 0 Å². The molecule has 82 valence electrons. The van der Waals surface area contributed by atoms with Crippen LogP contribution in [-0.2, 0) is 4.74 Å². The standard InChI is InChI=1S/C12H15BrO2/c1-14-9-10-15-12-6-4-11(5-7-12)3-2-8-13/h2-7H,8-10H2,1H3/b3-2+. The van der Waals surface area contributed by atoms with Gasteiger partial charge in [0.15, 0.2) is 0 Å². The molecule has 1 aromatic rings. The molecule has 0 heterocycles. The smallest absolute Gasteiger partial charge is 0.119 e. The predicted molar refractivity (Wildman–Crippen MR) is 66.6 cm³/mol. The minimum absolute atomic E-state index is 0.590. The quantitative estimate of drug-likeness (QED) is 0.584. The zero-order chi connectivity index (χ0) is 10.9. The van der Waals surface area contributed by atoms with Crippen molar-refractivity contribution in [3.8, 4) is 5.75 Å². The fourth-order valence-corrected chi connectivity index (χ4v) is 1.29. The van der Waals surface area contributed by atoms with Gasteiger partial charge in [0.1, 0.15) is 12.4 Å². The van der Waals surface area contributed by atoms with Crippen LogP contribution in [0.2, 0.25) is 0 Å². The Morgan fingerprint density at radius 2 is 1.93 bits per heavy atom. The lowest BCUT2D eigenvalue weighted by molar-refractivity contribution is 0.146. The summed E-state index contributed by atoms with van der Waals surface area (Å²) in [7, 11) is 1.66. The fourth-order valence-electron chi connectivity index (χ4n) is 1.10. The summed E-state index contributed by atoms with van der Waals surface area (Å²) in [5.41, 5.74) is 1.17. The summed E-state index contributed by atoms with van der Waals surface area (Å²) in [6, 6.07) is 7.98. The van der Waals surface area contributed by atoms with Crippen molar-refractivity contribution in [2.24, 2.45) is 0 Å². The van der Waals surface area contributed by atoms with Gasteiger partial charge in [-0.3, -0.25) is 0 Å². The summed E-state index contributed by atoms with van der Waals surface area (Å²) in [4.78, 5) is 0. The fraction of sp³-hybridized carbons (Fsp3) is 0.333. The van der Waals surface area contributed by atoms with Gasteiger partial charge in [-0.2, -0.15) is 0 Å². The van der Waals surface area contributed by atoms with Gasteiger partial charge in [0.2, 0.25) is 0 Å². The highest BCUT2D eigenvalue weighted by molar-refractivity contribution is 9.09. The molecule has 0 aliphatic rings. The van der Waals surface area contributed by atoms with Crippen molar-refractivity contribution in [2.45, 2.75) is 0 Å². The highest BCUT2D eigenvalue weighted by Crippen LogP contribution is 2.13. The number of allylic oxidation sites excluding steroid dienone is 1. The van der Waals surface area contributed by atoms with Crippen molar-refractivity contribution in [2.75, 3.05) is 25.7 Å². The van der Waals surface area contributed by atoms with Gasteiger partial charge in [0.25, 0.3) is 0 Å². The van der Waals surface area contributed by atoms with Crippen LogP contribution in [0.15, 0.2) is 30.3 Å². The molecule has 0 aromatic heterocycles. The van der Waals surface area contributed by atoms with E-state index in [-0.39, 0.29) is 0 Å². The molecule has 0 N–H and O–H groups in total. The van der Waals surface area contributed by atoms with Gasteiger partial charge in [-0.05, 0) is 17.7 Å². The normalized spacial score (nSPS) is 10.8. The number of hydrogen-bond donors (Lipinski definition) is 0. The minimum Gasteiger partial charge on any atom is -0.491 e. The van der Waals surface area contributed by atoms with E-state index < -0.39 is 0 Å². The van der Waals surface area contributed by atoms with Crippen molar-refractivity contribution < 1.29 is 9.47 Å². The van der Waals surface area contributed by atoms with Crippen LogP contribution in [0.3, 0.4) is 0 Å². The Morgan fingerprint density at radius 1 is 1.20 bits per heavy atom. The third-order valence-electron chi connectivity index (χ3n) is 1.84. The minimum atomic E-state index is 0.590. The second-order valence-corrected chi connectivity index (χ2v) is 3.61. The first kappa shape index (κ1) is 12.3. The van der Waals surface area contributed by atoms with Gasteiger partial charge < -0.3 is 9.47 Å². The molecule has 0 spiro atoms. The van der Waals surface area contributed by atoms with Crippen LogP contribution in [0.1, 0.15) is 5.56 Å². The number of methoxy groups -OCH3 is 1. The lowest BCUT2D eigenvalue weighted by Gasteiger charge is -2.05. The lowest BCUT2D eigenvalue weighted by atomic mass is 10.2. The summed E-state index contributed by atoms with van der Waals surface area (Å²) < 4.78 is 10.3. The Labute approximate surface area is 99.0 Å². The molecule has 0 unspecified atom stereocenters. The molecular weight excluding hydrogens is 256 g/mol. The lowest BCUT2D eigenvalue weighted by Crippen LogP contribution is -2.03. The summed E-state index contributed by atoms with van der Waals surface area (Å²) in [6.07, 6.45) is 4.12. The third kappa shape index (κ3) is 5.00. The van der Waals surface area contributed by atoms with E-state index in [1.807, 2.05) is 24.3 Å². The van der Waals surface area contributed by atoms with Crippen molar-refractivity contribution in [3.05, 3.63) is 35.9 Å². The maximum atomic E-state index is 5.45. The van der Waals surface area contributed by atoms with Gasteiger partial charge >= 0.3 is 0 Å². The first-order valence-corrected chi connectivity index (χ1v) is 5.93. The number of alkyl halides is 1. The van der Waals surface area contributed by atoms with Gasteiger partial charge in [0.05, 0.1) is 6.61 Å². The van der Waals surface area contributed by atoms with Crippen LogP contribution in [0.25, 0.3) is 6.08 Å². The van der Waals surface area contributed by atoms with Gasteiger partial charge in [-0.1, -0.05) is 40.2 Å². The molecular formula is C12H15BrO2. The monoisotopic (exact) mass is 270 g/mol. The Bertz CT molecular complexity index is 293. The highest BCUT2D eigenvalue weighted by Gasteiger charge is 1.92. The SMILES string of the molecule is COCCOc1ccc(/C=C/CBr)cc1. The number of ether oxygens (including phenoxy) is 2. The molecule has 0 aliphatic heterocycles. The molecule has 1 aromatic carbocycles. The Morgan fingerprint density at radius 3 is 2.53 bits per heavy atom. The van der Waals surface area contributed by atoms with Crippen molar-refractivity contribution in [1.82, 2.24) is 0 Å².